The second-order valence-electron chi connectivity index (χ2n) is 1.94. The Labute approximate surface area is 79.4 Å². The fraction of sp³-hybridized carbons (Fsp3) is 0.333. The number of hydrogen-bond acceptors (Lipinski definition) is 0. The molecule has 0 atom stereocenters. The Balaban J connectivity index is 3.01. The van der Waals surface area contributed by atoms with E-state index in [0.717, 1.165) is 0 Å². The second-order valence-corrected chi connectivity index (χ2v) is 3.61. The first-order valence-electron chi connectivity index (χ1n) is 2.71. The molecule has 0 aliphatic heterocycles. The van der Waals surface area contributed by atoms with Gasteiger partial charge in [-0.05, 0) is 12.8 Å². The Morgan fingerprint density at radius 3 is 1.30 bits per heavy atom. The van der Waals surface area contributed by atoms with Crippen LogP contribution in [0.2, 0.25) is 0 Å². The van der Waals surface area contributed by atoms with E-state index >= 15 is 0 Å². The largest absolute Gasteiger partial charge is 0.0875 e. The van der Waals surface area contributed by atoms with Crippen LogP contribution in [0.1, 0.15) is 12.8 Å². The molecule has 0 fully saturated rings. The molecule has 0 bridgehead atoms. The molecule has 0 aromatic carbocycles. The fourth-order valence-electron chi connectivity index (χ4n) is 0.677. The van der Waals surface area contributed by atoms with Gasteiger partial charge in [-0.25, -0.2) is 0 Å². The van der Waals surface area contributed by atoms with Crippen molar-refractivity contribution in [2.24, 2.45) is 0 Å². The number of allylic oxidation sites excluding steroid dienone is 4. The number of rotatable bonds is 0. The average molecular weight is 218 g/mol. The molecule has 0 aromatic rings. The summed E-state index contributed by atoms with van der Waals surface area (Å²) in [6.07, 6.45) is 1.38. The van der Waals surface area contributed by atoms with Crippen LogP contribution in [0.3, 0.4) is 0 Å². The molecular formula is C6H4Cl4. The predicted molar refractivity (Wildman–Crippen MR) is 46.7 cm³/mol. The zero-order valence-electron chi connectivity index (χ0n) is 4.93. The highest BCUT2D eigenvalue weighted by Gasteiger charge is 2.15. The summed E-state index contributed by atoms with van der Waals surface area (Å²) in [5.74, 6) is 0. The van der Waals surface area contributed by atoms with Gasteiger partial charge < -0.3 is 0 Å². The third kappa shape index (κ3) is 1.62. The summed E-state index contributed by atoms with van der Waals surface area (Å²) >= 11 is 22.8. The maximum Gasteiger partial charge on any atom is 0.0749 e. The van der Waals surface area contributed by atoms with E-state index in [2.05, 4.69) is 0 Å². The van der Waals surface area contributed by atoms with Crippen molar-refractivity contribution in [3.8, 4) is 0 Å². The lowest BCUT2D eigenvalue weighted by molar-refractivity contribution is 0.989. The molecule has 0 nitrogen and oxygen atoms in total. The molecule has 10 heavy (non-hydrogen) atoms. The van der Waals surface area contributed by atoms with Crippen molar-refractivity contribution in [1.82, 2.24) is 0 Å². The molecule has 0 saturated carbocycles. The van der Waals surface area contributed by atoms with E-state index in [4.69, 9.17) is 46.4 Å². The van der Waals surface area contributed by atoms with E-state index in [1.807, 2.05) is 0 Å². The Kier molecular flexibility index (Phi) is 2.93. The van der Waals surface area contributed by atoms with Crippen molar-refractivity contribution < 1.29 is 0 Å². The fourth-order valence-corrected chi connectivity index (χ4v) is 1.57. The SMILES string of the molecule is ClC1=C(Cl)C(Cl)=C(Cl)CC1. The normalized spacial score (nSPS) is 20.4. The van der Waals surface area contributed by atoms with Crippen LogP contribution in [0, 0.1) is 0 Å². The van der Waals surface area contributed by atoms with Gasteiger partial charge >= 0.3 is 0 Å². The Hall–Kier alpha value is 0.640. The number of hydrogen-bond donors (Lipinski definition) is 0. The van der Waals surface area contributed by atoms with Gasteiger partial charge in [-0.3, -0.25) is 0 Å². The van der Waals surface area contributed by atoms with Crippen molar-refractivity contribution in [3.05, 3.63) is 20.1 Å². The summed E-state index contributed by atoms with van der Waals surface area (Å²) in [5.41, 5.74) is 0. The molecule has 1 rings (SSSR count). The third-order valence-electron chi connectivity index (χ3n) is 1.23. The molecule has 0 spiro atoms. The summed E-state index contributed by atoms with van der Waals surface area (Å²) in [6.45, 7) is 0. The van der Waals surface area contributed by atoms with Gasteiger partial charge in [0.05, 0.1) is 10.1 Å². The predicted octanol–water partition coefficient (Wildman–Crippen LogP) is 4.16. The average Bonchev–Trinajstić information content (AvgIpc) is 1.93. The van der Waals surface area contributed by atoms with Gasteiger partial charge in [-0.15, -0.1) is 0 Å². The topological polar surface area (TPSA) is 0 Å². The van der Waals surface area contributed by atoms with Crippen LogP contribution in [0.25, 0.3) is 0 Å². The van der Waals surface area contributed by atoms with E-state index < -0.39 is 0 Å². The van der Waals surface area contributed by atoms with Gasteiger partial charge in [0, 0.05) is 10.1 Å². The van der Waals surface area contributed by atoms with Gasteiger partial charge in [0.1, 0.15) is 0 Å². The summed E-state index contributed by atoms with van der Waals surface area (Å²) in [5, 5.41) is 1.96. The van der Waals surface area contributed by atoms with Gasteiger partial charge in [0.15, 0.2) is 0 Å². The number of halogens is 4. The van der Waals surface area contributed by atoms with E-state index in [9.17, 15) is 0 Å². The van der Waals surface area contributed by atoms with Crippen LogP contribution in [0.15, 0.2) is 20.1 Å². The molecule has 56 valence electrons. The summed E-state index contributed by atoms with van der Waals surface area (Å²) in [6, 6.07) is 0. The summed E-state index contributed by atoms with van der Waals surface area (Å²) in [4.78, 5) is 0. The monoisotopic (exact) mass is 216 g/mol. The molecule has 1 aliphatic rings. The van der Waals surface area contributed by atoms with Crippen LogP contribution in [0.4, 0.5) is 0 Å². The highest BCUT2D eigenvalue weighted by molar-refractivity contribution is 6.51. The van der Waals surface area contributed by atoms with Gasteiger partial charge in [-0.2, -0.15) is 0 Å². The van der Waals surface area contributed by atoms with Crippen LogP contribution < -0.4 is 0 Å². The zero-order valence-corrected chi connectivity index (χ0v) is 7.95. The lowest BCUT2D eigenvalue weighted by Gasteiger charge is -2.10. The van der Waals surface area contributed by atoms with Crippen LogP contribution in [0.5, 0.6) is 0 Å². The zero-order chi connectivity index (χ0) is 7.72. The Morgan fingerprint density at radius 2 is 1.00 bits per heavy atom. The first-order chi connectivity index (χ1) is 4.63. The van der Waals surface area contributed by atoms with E-state index in [0.29, 0.717) is 33.0 Å². The molecule has 0 aromatic heterocycles. The minimum atomic E-state index is 0.389. The van der Waals surface area contributed by atoms with E-state index in [1.165, 1.54) is 0 Å². The van der Waals surface area contributed by atoms with Crippen LogP contribution in [-0.4, -0.2) is 0 Å². The van der Waals surface area contributed by atoms with Crippen LogP contribution >= 0.6 is 46.4 Å². The first-order valence-corrected chi connectivity index (χ1v) is 4.22. The van der Waals surface area contributed by atoms with Crippen molar-refractivity contribution in [3.63, 3.8) is 0 Å². The van der Waals surface area contributed by atoms with Gasteiger partial charge in [0.25, 0.3) is 0 Å². The van der Waals surface area contributed by atoms with E-state index in [-0.39, 0.29) is 0 Å². The minimum absolute atomic E-state index is 0.389. The molecule has 0 N–H and O–H groups in total. The molecule has 0 radical (unpaired) electrons. The lowest BCUT2D eigenvalue weighted by Crippen LogP contribution is -1.91. The molecule has 0 heterocycles. The molecule has 0 saturated heterocycles. The Morgan fingerprint density at radius 1 is 0.700 bits per heavy atom. The highest BCUT2D eigenvalue weighted by Crippen LogP contribution is 2.38. The first kappa shape index (κ1) is 8.73. The molecule has 0 unspecified atom stereocenters. The van der Waals surface area contributed by atoms with Crippen LogP contribution in [-0.2, 0) is 0 Å². The van der Waals surface area contributed by atoms with Crippen molar-refractivity contribution in [1.29, 1.82) is 0 Å². The minimum Gasteiger partial charge on any atom is -0.0875 e. The van der Waals surface area contributed by atoms with Crippen molar-refractivity contribution >= 4 is 46.4 Å². The molecule has 4 heteroatoms. The highest BCUT2D eigenvalue weighted by atomic mass is 35.5. The summed E-state index contributed by atoms with van der Waals surface area (Å²) < 4.78 is 0. The molecule has 1 aliphatic carbocycles. The molecular weight excluding hydrogens is 214 g/mol. The maximum absolute atomic E-state index is 5.70. The van der Waals surface area contributed by atoms with E-state index in [1.54, 1.807) is 0 Å². The Bertz CT molecular complexity index is 190. The lowest BCUT2D eigenvalue weighted by atomic mass is 10.2. The molecule has 0 amide bonds. The summed E-state index contributed by atoms with van der Waals surface area (Å²) in [7, 11) is 0. The van der Waals surface area contributed by atoms with Crippen molar-refractivity contribution in [2.45, 2.75) is 12.8 Å². The smallest absolute Gasteiger partial charge is 0.0749 e. The van der Waals surface area contributed by atoms with Gasteiger partial charge in [-0.1, -0.05) is 46.4 Å². The maximum atomic E-state index is 5.70. The standard InChI is InChI=1S/C6H4Cl4/c7-3-1-2-4(8)6(10)5(3)9/h1-2H2. The quantitative estimate of drug-likeness (QED) is 0.572. The van der Waals surface area contributed by atoms with Crippen molar-refractivity contribution in [2.75, 3.05) is 0 Å². The third-order valence-corrected chi connectivity index (χ3v) is 3.11. The second kappa shape index (κ2) is 3.36. The van der Waals surface area contributed by atoms with Gasteiger partial charge in [0.2, 0.25) is 0 Å².